The van der Waals surface area contributed by atoms with Crippen LogP contribution in [0.5, 0.6) is 0 Å². The number of nitrogens with zero attached hydrogens (tertiary/aromatic N) is 3. The zero-order chi connectivity index (χ0) is 9.03. The highest BCUT2D eigenvalue weighted by atomic mass is 15.4. The van der Waals surface area contributed by atoms with Crippen LogP contribution in [0, 0.1) is 17.2 Å². The lowest BCUT2D eigenvalue weighted by Gasteiger charge is -2.14. The molecule has 0 N–H and O–H groups in total. The van der Waals surface area contributed by atoms with Crippen LogP contribution in [0.1, 0.15) is 39.5 Å². The highest BCUT2D eigenvalue weighted by Gasteiger charge is 2.46. The Labute approximate surface area is 73.5 Å². The van der Waals surface area contributed by atoms with Gasteiger partial charge in [-0.2, -0.15) is 15.5 Å². The van der Waals surface area contributed by atoms with Crippen LogP contribution in [-0.4, -0.2) is 5.66 Å². The molecule has 1 aliphatic rings. The van der Waals surface area contributed by atoms with Gasteiger partial charge in [0.1, 0.15) is 0 Å². The predicted octanol–water partition coefficient (Wildman–Crippen LogP) is 2.89. The highest BCUT2D eigenvalue weighted by Crippen LogP contribution is 2.42. The van der Waals surface area contributed by atoms with Crippen molar-refractivity contribution in [2.24, 2.45) is 16.1 Å². The van der Waals surface area contributed by atoms with Crippen LogP contribution in [0.25, 0.3) is 0 Å². The standard InChI is InChI=1S/C9H15N3/c1-3-5-8(7-10)9(6-4-2)11-12-9/h8H,3-6H2,1-2H3. The summed E-state index contributed by atoms with van der Waals surface area (Å²) in [7, 11) is 0. The second kappa shape index (κ2) is 3.66. The van der Waals surface area contributed by atoms with Gasteiger partial charge in [-0.25, -0.2) is 0 Å². The molecule has 0 fully saturated rings. The SMILES string of the molecule is CCCC(C#N)C1(CCC)N=N1. The number of nitriles is 1. The maximum atomic E-state index is 8.89. The Morgan fingerprint density at radius 1 is 1.33 bits per heavy atom. The summed E-state index contributed by atoms with van der Waals surface area (Å²) >= 11 is 0. The van der Waals surface area contributed by atoms with E-state index < -0.39 is 0 Å². The van der Waals surface area contributed by atoms with E-state index in [1.807, 2.05) is 0 Å². The Bertz CT molecular complexity index is 208. The molecular weight excluding hydrogens is 150 g/mol. The van der Waals surface area contributed by atoms with Crippen molar-refractivity contribution in [2.75, 3.05) is 0 Å². The minimum absolute atomic E-state index is 0.0162. The van der Waals surface area contributed by atoms with Crippen molar-refractivity contribution in [3.63, 3.8) is 0 Å². The Balaban J connectivity index is 2.48. The fourth-order valence-electron chi connectivity index (χ4n) is 1.53. The molecule has 1 heterocycles. The molecule has 0 aromatic heterocycles. The highest BCUT2D eigenvalue weighted by molar-refractivity contribution is 5.07. The third-order valence-electron chi connectivity index (χ3n) is 2.27. The van der Waals surface area contributed by atoms with Crippen molar-refractivity contribution >= 4 is 0 Å². The van der Waals surface area contributed by atoms with Gasteiger partial charge in [0, 0.05) is 0 Å². The third-order valence-corrected chi connectivity index (χ3v) is 2.27. The van der Waals surface area contributed by atoms with E-state index in [-0.39, 0.29) is 11.6 Å². The normalized spacial score (nSPS) is 20.1. The minimum Gasteiger partial charge on any atom is -0.198 e. The van der Waals surface area contributed by atoms with Crippen molar-refractivity contribution in [3.05, 3.63) is 0 Å². The minimum atomic E-state index is -0.292. The Kier molecular flexibility index (Phi) is 2.80. The van der Waals surface area contributed by atoms with Gasteiger partial charge in [0.05, 0.1) is 12.0 Å². The molecule has 1 unspecified atom stereocenters. The summed E-state index contributed by atoms with van der Waals surface area (Å²) in [5.74, 6) is 0.0162. The fourth-order valence-corrected chi connectivity index (χ4v) is 1.53. The van der Waals surface area contributed by atoms with E-state index in [9.17, 15) is 0 Å². The average Bonchev–Trinajstić information content (AvgIpc) is 2.82. The van der Waals surface area contributed by atoms with E-state index in [0.29, 0.717) is 0 Å². The zero-order valence-electron chi connectivity index (χ0n) is 7.75. The van der Waals surface area contributed by atoms with E-state index in [1.165, 1.54) is 0 Å². The molecule has 0 amide bonds. The molecule has 12 heavy (non-hydrogen) atoms. The molecule has 0 aromatic carbocycles. The second-order valence-corrected chi connectivity index (χ2v) is 3.30. The van der Waals surface area contributed by atoms with Crippen LogP contribution >= 0.6 is 0 Å². The van der Waals surface area contributed by atoms with Gasteiger partial charge in [-0.15, -0.1) is 0 Å². The second-order valence-electron chi connectivity index (χ2n) is 3.30. The first-order valence-corrected chi connectivity index (χ1v) is 4.62. The summed E-state index contributed by atoms with van der Waals surface area (Å²) < 4.78 is 0. The van der Waals surface area contributed by atoms with Gasteiger partial charge in [-0.3, -0.25) is 0 Å². The van der Waals surface area contributed by atoms with Crippen LogP contribution in [0.4, 0.5) is 0 Å². The third kappa shape index (κ3) is 1.63. The van der Waals surface area contributed by atoms with E-state index in [0.717, 1.165) is 25.7 Å². The molecule has 1 aliphatic heterocycles. The molecular formula is C9H15N3. The first-order chi connectivity index (χ1) is 5.79. The van der Waals surface area contributed by atoms with Gasteiger partial charge >= 0.3 is 0 Å². The predicted molar refractivity (Wildman–Crippen MR) is 46.5 cm³/mol. The van der Waals surface area contributed by atoms with Crippen LogP contribution in [0.15, 0.2) is 10.2 Å². The number of rotatable bonds is 5. The average molecular weight is 165 g/mol. The van der Waals surface area contributed by atoms with Gasteiger partial charge in [0.25, 0.3) is 0 Å². The maximum absolute atomic E-state index is 8.89. The van der Waals surface area contributed by atoms with Gasteiger partial charge in [-0.1, -0.05) is 26.7 Å². The van der Waals surface area contributed by atoms with Gasteiger partial charge in [0.15, 0.2) is 0 Å². The smallest absolute Gasteiger partial charge is 0.198 e. The van der Waals surface area contributed by atoms with Crippen molar-refractivity contribution in [1.29, 1.82) is 5.26 Å². The molecule has 0 aromatic rings. The van der Waals surface area contributed by atoms with E-state index in [4.69, 9.17) is 5.26 Å². The lowest BCUT2D eigenvalue weighted by Crippen LogP contribution is -2.22. The van der Waals surface area contributed by atoms with Crippen LogP contribution in [0.3, 0.4) is 0 Å². The van der Waals surface area contributed by atoms with Crippen LogP contribution < -0.4 is 0 Å². The largest absolute Gasteiger partial charge is 0.206 e. The fraction of sp³-hybridized carbons (Fsp3) is 0.889. The summed E-state index contributed by atoms with van der Waals surface area (Å²) in [5, 5.41) is 16.9. The molecule has 66 valence electrons. The van der Waals surface area contributed by atoms with Crippen LogP contribution in [-0.2, 0) is 0 Å². The molecule has 1 atom stereocenters. The first-order valence-electron chi connectivity index (χ1n) is 4.62. The molecule has 3 nitrogen and oxygen atoms in total. The summed E-state index contributed by atoms with van der Waals surface area (Å²) in [6.45, 7) is 4.19. The summed E-state index contributed by atoms with van der Waals surface area (Å²) in [6.07, 6.45) is 3.94. The van der Waals surface area contributed by atoms with Gasteiger partial charge < -0.3 is 0 Å². The maximum Gasteiger partial charge on any atom is 0.206 e. The first kappa shape index (κ1) is 9.18. The molecule has 0 saturated heterocycles. The van der Waals surface area contributed by atoms with E-state index in [1.54, 1.807) is 0 Å². The lowest BCUT2D eigenvalue weighted by atomic mass is 9.90. The molecule has 3 heteroatoms. The topological polar surface area (TPSA) is 48.5 Å². The molecule has 0 radical (unpaired) electrons. The summed E-state index contributed by atoms with van der Waals surface area (Å²) in [5.41, 5.74) is -0.292. The van der Waals surface area contributed by atoms with Gasteiger partial charge in [-0.05, 0) is 12.8 Å². The quantitative estimate of drug-likeness (QED) is 0.617. The summed E-state index contributed by atoms with van der Waals surface area (Å²) in [4.78, 5) is 0. The van der Waals surface area contributed by atoms with E-state index >= 15 is 0 Å². The number of hydrogen-bond acceptors (Lipinski definition) is 3. The van der Waals surface area contributed by atoms with E-state index in [2.05, 4.69) is 30.1 Å². The van der Waals surface area contributed by atoms with Crippen molar-refractivity contribution < 1.29 is 0 Å². The molecule has 0 aliphatic carbocycles. The monoisotopic (exact) mass is 165 g/mol. The van der Waals surface area contributed by atoms with Crippen molar-refractivity contribution in [2.45, 2.75) is 45.2 Å². The lowest BCUT2D eigenvalue weighted by molar-refractivity contribution is 0.395. The Hall–Kier alpha value is -0.910. The Morgan fingerprint density at radius 2 is 2.00 bits per heavy atom. The molecule has 0 saturated carbocycles. The zero-order valence-corrected chi connectivity index (χ0v) is 7.75. The van der Waals surface area contributed by atoms with Gasteiger partial charge in [0.2, 0.25) is 5.66 Å². The van der Waals surface area contributed by atoms with Crippen molar-refractivity contribution in [1.82, 2.24) is 0 Å². The molecule has 1 rings (SSSR count). The Morgan fingerprint density at radius 3 is 2.33 bits per heavy atom. The summed E-state index contributed by atoms with van der Waals surface area (Å²) in [6, 6.07) is 2.30. The van der Waals surface area contributed by atoms with Crippen LogP contribution in [0.2, 0.25) is 0 Å². The molecule has 0 bridgehead atoms. The number of hydrogen-bond donors (Lipinski definition) is 0. The molecule has 0 spiro atoms. The van der Waals surface area contributed by atoms with Crippen molar-refractivity contribution in [3.8, 4) is 6.07 Å².